The number of rotatable bonds is 4. The molecular formula is C14H14FeSi2. The van der Waals surface area contributed by atoms with Crippen LogP contribution in [0.5, 0.6) is 0 Å². The summed E-state index contributed by atoms with van der Waals surface area (Å²) in [6.07, 6.45) is 0. The molecule has 0 saturated heterocycles. The zero-order valence-electron chi connectivity index (χ0n) is 9.54. The molecule has 2 aromatic rings. The maximum Gasteiger partial charge on any atom is 2.00 e. The largest absolute Gasteiger partial charge is 2.00 e. The molecule has 0 spiro atoms. The third-order valence-corrected chi connectivity index (χ3v) is 3.60. The van der Waals surface area contributed by atoms with E-state index in [1.54, 1.807) is 0 Å². The van der Waals surface area contributed by atoms with Crippen LogP contribution in [0.1, 0.15) is 0 Å². The fourth-order valence-corrected chi connectivity index (χ4v) is 2.42. The molecular weight excluding hydrogens is 280 g/mol. The summed E-state index contributed by atoms with van der Waals surface area (Å²) in [5, 5.41) is 2.75. The van der Waals surface area contributed by atoms with Gasteiger partial charge in [0.2, 0.25) is 0 Å². The van der Waals surface area contributed by atoms with Crippen molar-refractivity contribution in [2.45, 2.75) is 0 Å². The average Bonchev–Trinajstić information content (AvgIpc) is 2.92. The van der Waals surface area contributed by atoms with Gasteiger partial charge in [0.05, 0.1) is 0 Å². The van der Waals surface area contributed by atoms with Crippen molar-refractivity contribution in [1.29, 1.82) is 0 Å². The summed E-state index contributed by atoms with van der Waals surface area (Å²) in [6.45, 7) is 7.30. The zero-order chi connectivity index (χ0) is 11.6. The van der Waals surface area contributed by atoms with Crippen LogP contribution in [0, 0.1) is 0 Å². The van der Waals surface area contributed by atoms with Gasteiger partial charge in [-0.15, -0.1) is 24.6 Å². The molecule has 0 bridgehead atoms. The minimum Gasteiger partial charge on any atom is -0.214 e. The standard InChI is InChI=1S/2C7H7Si.Fe/c2*1-2-8-7-5-3-4-6-7;/h2*2-6H,1H2;/q2*-1;+2. The van der Waals surface area contributed by atoms with Crippen molar-refractivity contribution in [2.75, 3.05) is 0 Å². The van der Waals surface area contributed by atoms with E-state index in [1.165, 1.54) is 10.4 Å². The minimum absolute atomic E-state index is 0. The van der Waals surface area contributed by atoms with Crippen LogP contribution in [-0.2, 0) is 17.1 Å². The summed E-state index contributed by atoms with van der Waals surface area (Å²) in [5.41, 5.74) is 3.88. The van der Waals surface area contributed by atoms with Gasteiger partial charge in [0.25, 0.3) is 0 Å². The van der Waals surface area contributed by atoms with E-state index in [1.807, 2.05) is 35.7 Å². The molecule has 0 unspecified atom stereocenters. The topological polar surface area (TPSA) is 0 Å². The molecule has 0 aromatic heterocycles. The van der Waals surface area contributed by atoms with Gasteiger partial charge >= 0.3 is 17.1 Å². The molecule has 0 amide bonds. The molecule has 86 valence electrons. The van der Waals surface area contributed by atoms with Gasteiger partial charge in [-0.05, 0) is 0 Å². The van der Waals surface area contributed by atoms with Crippen molar-refractivity contribution in [1.82, 2.24) is 0 Å². The molecule has 0 aliphatic heterocycles. The molecule has 0 atom stereocenters. The third-order valence-electron chi connectivity index (χ3n) is 1.86. The second-order valence-corrected chi connectivity index (χ2v) is 5.59. The summed E-state index contributed by atoms with van der Waals surface area (Å²) >= 11 is 0. The Bertz CT molecular complexity index is 348. The van der Waals surface area contributed by atoms with Crippen LogP contribution < -0.4 is 10.4 Å². The normalized spacial score (nSPS) is 8.47. The predicted octanol–water partition coefficient (Wildman–Crippen LogP) is 1.75. The number of hydrogen-bond donors (Lipinski definition) is 0. The fourth-order valence-electron chi connectivity index (χ4n) is 1.18. The Hall–Kier alpha value is -0.867. The first-order valence-electron chi connectivity index (χ1n) is 5.05. The summed E-state index contributed by atoms with van der Waals surface area (Å²) < 4.78 is 0. The fraction of sp³-hybridized carbons (Fsp3) is 0. The van der Waals surface area contributed by atoms with Gasteiger partial charge < -0.3 is 0 Å². The van der Waals surface area contributed by atoms with E-state index >= 15 is 0 Å². The van der Waals surface area contributed by atoms with Crippen LogP contribution in [0.25, 0.3) is 0 Å². The van der Waals surface area contributed by atoms with Crippen molar-refractivity contribution in [3.05, 3.63) is 73.1 Å². The minimum atomic E-state index is 0. The molecule has 0 heterocycles. The summed E-state index contributed by atoms with van der Waals surface area (Å²) in [5.74, 6) is 0. The Labute approximate surface area is 119 Å². The molecule has 0 fully saturated rings. The van der Waals surface area contributed by atoms with Crippen molar-refractivity contribution in [2.24, 2.45) is 0 Å². The van der Waals surface area contributed by atoms with E-state index in [2.05, 4.69) is 37.4 Å². The molecule has 0 nitrogen and oxygen atoms in total. The van der Waals surface area contributed by atoms with E-state index in [9.17, 15) is 0 Å². The third kappa shape index (κ3) is 7.13. The Kier molecular flexibility index (Phi) is 9.77. The van der Waals surface area contributed by atoms with Crippen molar-refractivity contribution >= 4 is 29.4 Å². The molecule has 0 aliphatic rings. The van der Waals surface area contributed by atoms with E-state index in [4.69, 9.17) is 0 Å². The Morgan fingerprint density at radius 3 is 1.24 bits per heavy atom. The van der Waals surface area contributed by atoms with Gasteiger partial charge in [-0.2, -0.15) is 34.6 Å². The first-order chi connectivity index (χ1) is 7.86. The van der Waals surface area contributed by atoms with E-state index in [0.29, 0.717) is 0 Å². The van der Waals surface area contributed by atoms with Crippen LogP contribution in [-0.4, -0.2) is 19.0 Å². The first-order valence-corrected chi connectivity index (χ1v) is 7.20. The monoisotopic (exact) mass is 294 g/mol. The molecule has 3 heteroatoms. The molecule has 17 heavy (non-hydrogen) atoms. The van der Waals surface area contributed by atoms with Crippen LogP contribution in [0.4, 0.5) is 0 Å². The summed E-state index contributed by atoms with van der Waals surface area (Å²) in [4.78, 5) is 0. The maximum absolute atomic E-state index is 3.65. The maximum atomic E-state index is 3.65. The number of hydrogen-bond acceptors (Lipinski definition) is 0. The van der Waals surface area contributed by atoms with Crippen molar-refractivity contribution in [3.8, 4) is 0 Å². The molecule has 2 aromatic carbocycles. The molecule has 2 rings (SSSR count). The van der Waals surface area contributed by atoms with Gasteiger partial charge in [0, 0.05) is 19.0 Å². The van der Waals surface area contributed by atoms with E-state index < -0.39 is 0 Å². The van der Waals surface area contributed by atoms with E-state index in [-0.39, 0.29) is 17.1 Å². The summed E-state index contributed by atoms with van der Waals surface area (Å²) in [7, 11) is 1.55. The zero-order valence-corrected chi connectivity index (χ0v) is 12.6. The van der Waals surface area contributed by atoms with Crippen LogP contribution in [0.3, 0.4) is 0 Å². The predicted molar refractivity (Wildman–Crippen MR) is 75.2 cm³/mol. The average molecular weight is 294 g/mol. The van der Waals surface area contributed by atoms with Crippen LogP contribution in [0.15, 0.2) is 73.1 Å². The van der Waals surface area contributed by atoms with Gasteiger partial charge in [-0.1, -0.05) is 0 Å². The molecule has 0 N–H and O–H groups in total. The molecule has 0 aliphatic carbocycles. The Morgan fingerprint density at radius 2 is 1.00 bits per heavy atom. The van der Waals surface area contributed by atoms with Gasteiger partial charge in [-0.25, -0.2) is 24.3 Å². The smallest absolute Gasteiger partial charge is 0.214 e. The van der Waals surface area contributed by atoms with Crippen molar-refractivity contribution < 1.29 is 17.1 Å². The second-order valence-electron chi connectivity index (χ2n) is 3.04. The summed E-state index contributed by atoms with van der Waals surface area (Å²) in [6, 6.07) is 16.6. The van der Waals surface area contributed by atoms with E-state index in [0.717, 1.165) is 19.0 Å². The molecule has 4 radical (unpaired) electrons. The van der Waals surface area contributed by atoms with Crippen LogP contribution >= 0.6 is 0 Å². The SMILES string of the molecule is C=C[Si][c-]1cccc1.C=C[Si][c-]1cccc1.[Fe+2]. The first kappa shape index (κ1) is 16.1. The van der Waals surface area contributed by atoms with Gasteiger partial charge in [0.15, 0.2) is 0 Å². The van der Waals surface area contributed by atoms with Gasteiger partial charge in [-0.3, -0.25) is 0 Å². The Morgan fingerprint density at radius 1 is 0.706 bits per heavy atom. The quantitative estimate of drug-likeness (QED) is 0.595. The van der Waals surface area contributed by atoms with Crippen LogP contribution in [0.2, 0.25) is 0 Å². The second kappa shape index (κ2) is 10.3. The molecule has 0 saturated carbocycles. The van der Waals surface area contributed by atoms with Gasteiger partial charge in [0.1, 0.15) is 0 Å². The Balaban J connectivity index is 0.000000284. The van der Waals surface area contributed by atoms with Crippen molar-refractivity contribution in [3.63, 3.8) is 0 Å².